The molecule has 0 atom stereocenters. The maximum atomic E-state index is 5.49. The summed E-state index contributed by atoms with van der Waals surface area (Å²) in [5, 5.41) is 2.90. The van der Waals surface area contributed by atoms with E-state index in [9.17, 15) is 0 Å². The summed E-state index contributed by atoms with van der Waals surface area (Å²) in [6.45, 7) is 10.2. The minimum atomic E-state index is 0.474. The smallest absolute Gasteiger partial charge is 0.188 e. The first kappa shape index (κ1) is 12.0. The van der Waals surface area contributed by atoms with Crippen LogP contribution >= 0.6 is 0 Å². The van der Waals surface area contributed by atoms with Gasteiger partial charge >= 0.3 is 0 Å². The fourth-order valence-corrected chi connectivity index (χ4v) is 0.714. The Morgan fingerprint density at radius 3 is 2.85 bits per heavy atom. The van der Waals surface area contributed by atoms with Crippen molar-refractivity contribution in [2.75, 3.05) is 26.3 Å². The predicted octanol–water partition coefficient (Wildman–Crippen LogP) is 0.503. The van der Waals surface area contributed by atoms with Gasteiger partial charge in [-0.25, -0.2) is 0 Å². The van der Waals surface area contributed by atoms with Gasteiger partial charge in [0.2, 0.25) is 0 Å². The average molecular weight is 185 g/mol. The highest BCUT2D eigenvalue weighted by atomic mass is 16.5. The molecule has 0 saturated carbocycles. The van der Waals surface area contributed by atoms with Crippen LogP contribution in [0.5, 0.6) is 0 Å². The molecule has 0 radical (unpaired) electrons. The molecule has 0 bridgehead atoms. The molecule has 0 aromatic carbocycles. The zero-order chi connectivity index (χ0) is 10.1. The topological polar surface area (TPSA) is 59.6 Å². The maximum Gasteiger partial charge on any atom is 0.188 e. The standard InChI is InChI=1S/C9H19N3O/c1-4-11-9(10)12-5-6-13-7-8(2)3/h2,4-7H2,1,3H3,(H3,10,11,12). The summed E-state index contributed by atoms with van der Waals surface area (Å²) >= 11 is 0. The minimum Gasteiger partial charge on any atom is -0.375 e. The first-order valence-electron chi connectivity index (χ1n) is 4.42. The zero-order valence-corrected chi connectivity index (χ0v) is 8.47. The molecule has 0 aliphatic rings. The lowest BCUT2D eigenvalue weighted by Gasteiger charge is -2.03. The summed E-state index contributed by atoms with van der Waals surface area (Å²) in [6, 6.07) is 0. The van der Waals surface area contributed by atoms with Crippen LogP contribution < -0.4 is 11.1 Å². The first-order chi connectivity index (χ1) is 6.16. The third-order valence-corrected chi connectivity index (χ3v) is 1.22. The van der Waals surface area contributed by atoms with Gasteiger partial charge in [-0.05, 0) is 13.8 Å². The van der Waals surface area contributed by atoms with Gasteiger partial charge in [-0.15, -0.1) is 0 Å². The van der Waals surface area contributed by atoms with Gasteiger partial charge in [0.1, 0.15) is 0 Å². The molecule has 0 fully saturated rings. The van der Waals surface area contributed by atoms with Gasteiger partial charge in [0.25, 0.3) is 0 Å². The van der Waals surface area contributed by atoms with Crippen molar-refractivity contribution in [3.63, 3.8) is 0 Å². The lowest BCUT2D eigenvalue weighted by Crippen LogP contribution is -2.31. The predicted molar refractivity (Wildman–Crippen MR) is 55.8 cm³/mol. The number of hydrogen-bond donors (Lipinski definition) is 2. The molecule has 0 unspecified atom stereocenters. The molecule has 0 heterocycles. The van der Waals surface area contributed by atoms with Crippen molar-refractivity contribution in [1.29, 1.82) is 0 Å². The molecular weight excluding hydrogens is 166 g/mol. The van der Waals surface area contributed by atoms with Crippen molar-refractivity contribution in [1.82, 2.24) is 5.32 Å². The quantitative estimate of drug-likeness (QED) is 0.274. The van der Waals surface area contributed by atoms with E-state index in [0.29, 0.717) is 25.7 Å². The highest BCUT2D eigenvalue weighted by Crippen LogP contribution is 1.87. The van der Waals surface area contributed by atoms with E-state index >= 15 is 0 Å². The summed E-state index contributed by atoms with van der Waals surface area (Å²) in [5.74, 6) is 0.474. The van der Waals surface area contributed by atoms with Crippen LogP contribution in [0, 0.1) is 0 Å². The van der Waals surface area contributed by atoms with Gasteiger partial charge in [-0.3, -0.25) is 4.99 Å². The molecule has 4 heteroatoms. The maximum absolute atomic E-state index is 5.49. The Labute approximate surface area is 79.9 Å². The Hall–Kier alpha value is -1.03. The number of rotatable bonds is 6. The van der Waals surface area contributed by atoms with Crippen LogP contribution in [0.2, 0.25) is 0 Å². The minimum absolute atomic E-state index is 0.474. The van der Waals surface area contributed by atoms with Crippen LogP contribution in [0.1, 0.15) is 13.8 Å². The summed E-state index contributed by atoms with van der Waals surface area (Å²) in [4.78, 5) is 4.04. The van der Waals surface area contributed by atoms with E-state index < -0.39 is 0 Å². The van der Waals surface area contributed by atoms with E-state index in [2.05, 4.69) is 16.9 Å². The van der Waals surface area contributed by atoms with Crippen LogP contribution in [0.15, 0.2) is 17.1 Å². The number of guanidine groups is 1. The molecule has 13 heavy (non-hydrogen) atoms. The lowest BCUT2D eigenvalue weighted by atomic mass is 10.4. The molecule has 0 aromatic heterocycles. The Bertz CT molecular complexity index is 178. The molecule has 0 aliphatic heterocycles. The monoisotopic (exact) mass is 185 g/mol. The first-order valence-corrected chi connectivity index (χ1v) is 4.42. The van der Waals surface area contributed by atoms with Gasteiger partial charge in [-0.1, -0.05) is 12.2 Å². The normalized spacial score (nSPS) is 11.4. The van der Waals surface area contributed by atoms with Crippen molar-refractivity contribution in [3.8, 4) is 0 Å². The van der Waals surface area contributed by atoms with Crippen LogP contribution in [-0.4, -0.2) is 32.3 Å². The molecule has 0 spiro atoms. The Morgan fingerprint density at radius 1 is 1.62 bits per heavy atom. The molecule has 0 amide bonds. The van der Waals surface area contributed by atoms with E-state index in [1.165, 1.54) is 0 Å². The molecule has 0 rings (SSSR count). The zero-order valence-electron chi connectivity index (χ0n) is 8.47. The average Bonchev–Trinajstić information content (AvgIpc) is 2.03. The molecule has 4 nitrogen and oxygen atoms in total. The summed E-state index contributed by atoms with van der Waals surface area (Å²) < 4.78 is 5.23. The van der Waals surface area contributed by atoms with Crippen LogP contribution in [0.25, 0.3) is 0 Å². The second-order valence-electron chi connectivity index (χ2n) is 2.81. The Kier molecular flexibility index (Phi) is 7.01. The van der Waals surface area contributed by atoms with E-state index in [0.717, 1.165) is 12.1 Å². The Balaban J connectivity index is 3.33. The van der Waals surface area contributed by atoms with Gasteiger partial charge in [0.15, 0.2) is 5.96 Å². The lowest BCUT2D eigenvalue weighted by molar-refractivity contribution is 0.164. The Morgan fingerprint density at radius 2 is 2.31 bits per heavy atom. The number of nitrogens with two attached hydrogens (primary N) is 1. The van der Waals surface area contributed by atoms with E-state index in [4.69, 9.17) is 10.5 Å². The second kappa shape index (κ2) is 7.61. The van der Waals surface area contributed by atoms with E-state index in [1.807, 2.05) is 13.8 Å². The second-order valence-corrected chi connectivity index (χ2v) is 2.81. The molecule has 0 aromatic rings. The number of ether oxygens (including phenoxy) is 1. The van der Waals surface area contributed by atoms with Crippen molar-refractivity contribution in [2.45, 2.75) is 13.8 Å². The molecular formula is C9H19N3O. The largest absolute Gasteiger partial charge is 0.375 e. The summed E-state index contributed by atoms with van der Waals surface area (Å²) in [6.07, 6.45) is 0. The van der Waals surface area contributed by atoms with Crippen LogP contribution in [0.4, 0.5) is 0 Å². The van der Waals surface area contributed by atoms with Crippen molar-refractivity contribution < 1.29 is 4.74 Å². The molecule has 0 saturated heterocycles. The fourth-order valence-electron chi connectivity index (χ4n) is 0.714. The third-order valence-electron chi connectivity index (χ3n) is 1.22. The molecule has 0 aliphatic carbocycles. The SMILES string of the molecule is C=C(C)COCCN=C(N)NCC. The number of hydrogen-bond acceptors (Lipinski definition) is 2. The van der Waals surface area contributed by atoms with Gasteiger partial charge in [0.05, 0.1) is 19.8 Å². The molecule has 3 N–H and O–H groups in total. The fraction of sp³-hybridized carbons (Fsp3) is 0.667. The summed E-state index contributed by atoms with van der Waals surface area (Å²) in [5.41, 5.74) is 6.51. The third kappa shape index (κ3) is 8.88. The highest BCUT2D eigenvalue weighted by molar-refractivity contribution is 5.77. The van der Waals surface area contributed by atoms with Crippen LogP contribution in [-0.2, 0) is 4.74 Å². The molecule has 76 valence electrons. The van der Waals surface area contributed by atoms with Crippen molar-refractivity contribution in [2.24, 2.45) is 10.7 Å². The number of nitrogens with zero attached hydrogens (tertiary/aromatic N) is 1. The highest BCUT2D eigenvalue weighted by Gasteiger charge is 1.89. The number of nitrogens with one attached hydrogen (secondary N) is 1. The van der Waals surface area contributed by atoms with E-state index in [1.54, 1.807) is 0 Å². The number of aliphatic imine (C=N–C) groups is 1. The van der Waals surface area contributed by atoms with Crippen molar-refractivity contribution in [3.05, 3.63) is 12.2 Å². The van der Waals surface area contributed by atoms with Gasteiger partial charge < -0.3 is 15.8 Å². The summed E-state index contributed by atoms with van der Waals surface area (Å²) in [7, 11) is 0. The van der Waals surface area contributed by atoms with Gasteiger partial charge in [-0.2, -0.15) is 0 Å². The van der Waals surface area contributed by atoms with Gasteiger partial charge in [0, 0.05) is 6.54 Å². The van der Waals surface area contributed by atoms with E-state index in [-0.39, 0.29) is 0 Å². The van der Waals surface area contributed by atoms with Crippen molar-refractivity contribution >= 4 is 5.96 Å². The van der Waals surface area contributed by atoms with Crippen LogP contribution in [0.3, 0.4) is 0 Å².